The van der Waals surface area contributed by atoms with E-state index in [1.807, 2.05) is 148 Å². The number of nitrogens with zero attached hydrogens (tertiary/aromatic N) is 24. The smallest absolute Gasteiger partial charge is 0.237 e. The van der Waals surface area contributed by atoms with Crippen LogP contribution in [-0.2, 0) is 66.7 Å². The van der Waals surface area contributed by atoms with Gasteiger partial charge in [0.05, 0.1) is 98.3 Å². The SMILES string of the molecule is CC(C)Oc1ccc(C2=NCc3ccc(N4CC[C@]5(CCN(CC(=O)N6CC=C(c7ccc(-c8ncn(C9CC9)n8)cc7)CC6)C5)C4=O)cc32)cn1.COCCn1cnc(-c2ccc(C3=CCN(C(=O)CN4CC[C@]5(CCN(c6ccc7c(c6)C(c6ccc(OC(C)C)nc6)=NC7)C5=O)C4)CC3)cc2)n1.Cn1cnc(-c2ccc(C3=CCN(C(=O)CN4CC[C@]5(CCN(c6ccc7c(c6)C(C#N)=NC7)C5=O)C4)CC3)cc2)n1. The maximum Gasteiger partial charge on any atom is 0.237 e. The first kappa shape index (κ1) is 96.8. The lowest BCUT2D eigenvalue weighted by atomic mass is 9.85. The van der Waals surface area contributed by atoms with Crippen LogP contribution in [0.1, 0.15) is 166 Å². The number of benzene rings is 6. The Morgan fingerprint density at radius 1 is 0.422 bits per heavy atom. The third kappa shape index (κ3) is 20.3. The number of nitriles is 1. The molecule has 6 amide bonds. The number of likely N-dealkylation sites (tertiary alicyclic amines) is 3. The highest BCUT2D eigenvalue weighted by molar-refractivity contribution is 6.18. The Labute approximate surface area is 855 Å². The number of carbonyl (C=O) groups excluding carboxylic acids is 6. The standard InChI is InChI=1S/C41H46N8O4.C41H44N8O3.C32H32N8O2/c1-28(2)53-36-11-9-33(24-42-36)38-35-22-34(10-8-32(35)23-43-38)49-19-15-41(40(49)51)14-18-46(26-41)25-37(50)47-16-12-30(13-17-47)29-4-6-31(7-5-29)39-44-27-48(45-39)20-21-52-3;1-27(2)52-36-12-8-32(23-42-36)38-35-21-34(9-7-31(35)22-43-38)48-20-16-41(40(48)51)15-19-46(25-41)24-37(50)47-17-13-29(14-18-47)28-3-5-30(6-4-28)39-44-26-49(45-39)33-10-11-33;1-37-21-35-30(36-37)24-4-2-22(3-5-24)23-8-12-39(13-9-23)29(41)19-38-14-10-32(20-38)11-15-40(31(32)42)26-7-6-25-18-34-28(17-33)27(25)16-26/h4-12,22,24,27-28H,13-21,23,25-26H2,1-3H3;3-9,12-13,21,23,26-27,33H,10-11,14-20,22,24-25H2,1-2H3;2-8,16,21H,9-15,18-20H2,1H3/t2*41-;32-/m000/s1. The van der Waals surface area contributed by atoms with E-state index in [1.165, 1.54) is 35.1 Å². The molecule has 147 heavy (non-hydrogen) atoms. The van der Waals surface area contributed by atoms with Crippen molar-refractivity contribution in [1.82, 2.24) is 83.7 Å². The predicted molar refractivity (Wildman–Crippen MR) is 560 cm³/mol. The van der Waals surface area contributed by atoms with Crippen molar-refractivity contribution in [3.8, 4) is 52.0 Å². The van der Waals surface area contributed by atoms with Gasteiger partial charge in [-0.1, -0.05) is 109 Å². The zero-order valence-corrected chi connectivity index (χ0v) is 84.2. The molecule has 12 aliphatic heterocycles. The molecule has 17 heterocycles. The molecule has 0 bridgehead atoms. The van der Waals surface area contributed by atoms with E-state index in [2.05, 4.69) is 175 Å². The lowest BCUT2D eigenvalue weighted by Gasteiger charge is -2.29. The van der Waals surface area contributed by atoms with Gasteiger partial charge in [0.1, 0.15) is 30.8 Å². The summed E-state index contributed by atoms with van der Waals surface area (Å²) in [5.74, 6) is 4.17. The highest BCUT2D eigenvalue weighted by atomic mass is 16.5. The van der Waals surface area contributed by atoms with Crippen LogP contribution in [0.2, 0.25) is 0 Å². The van der Waals surface area contributed by atoms with E-state index in [0.717, 1.165) is 184 Å². The highest BCUT2D eigenvalue weighted by Gasteiger charge is 2.55. The van der Waals surface area contributed by atoms with Gasteiger partial charge in [-0.2, -0.15) is 20.6 Å². The number of fused-ring (bicyclic) bond motifs is 3. The summed E-state index contributed by atoms with van der Waals surface area (Å²) < 4.78 is 22.0. The quantitative estimate of drug-likeness (QED) is 0.0513. The maximum atomic E-state index is 14.1. The summed E-state index contributed by atoms with van der Waals surface area (Å²) in [6.45, 7) is 21.9. The van der Waals surface area contributed by atoms with E-state index in [4.69, 9.17) is 24.2 Å². The van der Waals surface area contributed by atoms with E-state index in [-0.39, 0.29) is 47.7 Å². The van der Waals surface area contributed by atoms with Crippen LogP contribution in [0.4, 0.5) is 17.1 Å². The zero-order valence-electron chi connectivity index (χ0n) is 84.2. The van der Waals surface area contributed by atoms with Crippen molar-refractivity contribution >= 4 is 86.4 Å². The van der Waals surface area contributed by atoms with Crippen LogP contribution < -0.4 is 24.2 Å². The molecular weight excluding hydrogens is 1850 g/mol. The summed E-state index contributed by atoms with van der Waals surface area (Å²) in [6.07, 6.45) is 25.0. The lowest BCUT2D eigenvalue weighted by molar-refractivity contribution is -0.133. The number of anilines is 3. The summed E-state index contributed by atoms with van der Waals surface area (Å²) >= 11 is 0. The van der Waals surface area contributed by atoms with E-state index in [1.54, 1.807) is 29.1 Å². The summed E-state index contributed by atoms with van der Waals surface area (Å²) in [4.78, 5) is 136. The van der Waals surface area contributed by atoms with Gasteiger partial charge in [0.25, 0.3) is 0 Å². The third-order valence-corrected chi connectivity index (χ3v) is 31.3. The van der Waals surface area contributed by atoms with Crippen LogP contribution in [-0.4, -0.2) is 280 Å². The number of amides is 6. The van der Waals surface area contributed by atoms with Gasteiger partial charge in [-0.3, -0.25) is 67.8 Å². The fourth-order valence-corrected chi connectivity index (χ4v) is 22.8. The van der Waals surface area contributed by atoms with Crippen LogP contribution in [0.3, 0.4) is 0 Å². The van der Waals surface area contributed by atoms with Crippen molar-refractivity contribution in [2.24, 2.45) is 38.3 Å². The summed E-state index contributed by atoms with van der Waals surface area (Å²) in [7, 11) is 3.53. The first-order valence-electron chi connectivity index (χ1n) is 51.7. The molecule has 1 aliphatic carbocycles. The molecule has 11 aromatic rings. The molecule has 0 radical (unpaired) electrons. The summed E-state index contributed by atoms with van der Waals surface area (Å²) in [5, 5.41) is 22.9. The fraction of sp³-hybridized carbons (Fsp3) is 0.404. The van der Waals surface area contributed by atoms with E-state index < -0.39 is 16.2 Å². The number of hydrogen-bond acceptors (Lipinski definition) is 24. The number of rotatable bonds is 25. The minimum Gasteiger partial charge on any atom is -0.475 e. The molecule has 6 aromatic carbocycles. The predicted octanol–water partition coefficient (Wildman–Crippen LogP) is 13.5. The number of pyridine rings is 2. The number of hydrogen-bond donors (Lipinski definition) is 0. The molecule has 24 rings (SSSR count). The monoisotopic (exact) mass is 1970 g/mol. The van der Waals surface area contributed by atoms with Gasteiger partial charge >= 0.3 is 0 Å². The topological polar surface area (TPSA) is 338 Å². The lowest BCUT2D eigenvalue weighted by Crippen LogP contribution is -2.43. The van der Waals surface area contributed by atoms with Crippen molar-refractivity contribution in [3.63, 3.8) is 0 Å². The summed E-state index contributed by atoms with van der Waals surface area (Å²) in [6, 6.07) is 53.9. The van der Waals surface area contributed by atoms with Crippen LogP contribution in [0, 0.1) is 27.6 Å². The Morgan fingerprint density at radius 3 is 1.17 bits per heavy atom. The van der Waals surface area contributed by atoms with Crippen LogP contribution >= 0.6 is 0 Å². The Balaban J connectivity index is 0.000000126. The van der Waals surface area contributed by atoms with E-state index >= 15 is 0 Å². The minimum absolute atomic E-state index is 0.0553. The van der Waals surface area contributed by atoms with Gasteiger partial charge in [-0.25, -0.2) is 29.6 Å². The number of aryl methyl sites for hydroxylation is 1. The number of methoxy groups -OCH3 is 1. The Bertz CT molecular complexity index is 7150. The van der Waals surface area contributed by atoms with Crippen molar-refractivity contribution in [2.45, 2.75) is 143 Å². The molecule has 752 valence electrons. The van der Waals surface area contributed by atoms with E-state index in [0.29, 0.717) is 166 Å². The van der Waals surface area contributed by atoms with Gasteiger partial charge in [-0.15, -0.1) is 0 Å². The summed E-state index contributed by atoms with van der Waals surface area (Å²) in [5.41, 5.74) is 21.9. The van der Waals surface area contributed by atoms with Crippen molar-refractivity contribution < 1.29 is 43.0 Å². The van der Waals surface area contributed by atoms with Crippen molar-refractivity contribution in [1.29, 1.82) is 5.26 Å². The normalized spacial score (nSPS) is 21.1. The van der Waals surface area contributed by atoms with Crippen LogP contribution in [0.15, 0.2) is 216 Å². The molecule has 13 aliphatic rings. The second kappa shape index (κ2) is 41.1. The molecule has 3 spiro atoms. The van der Waals surface area contributed by atoms with Crippen molar-refractivity contribution in [2.75, 3.05) is 146 Å². The van der Waals surface area contributed by atoms with Gasteiger partial charge in [0.15, 0.2) is 17.5 Å². The molecule has 3 atom stereocenters. The second-order valence-electron chi connectivity index (χ2n) is 41.6. The van der Waals surface area contributed by atoms with Crippen LogP contribution in [0.25, 0.3) is 50.9 Å². The largest absolute Gasteiger partial charge is 0.475 e. The van der Waals surface area contributed by atoms with Crippen LogP contribution in [0.5, 0.6) is 11.8 Å². The first-order valence-corrected chi connectivity index (χ1v) is 51.7. The Hall–Kier alpha value is -15.0. The number of ether oxygens (including phenoxy) is 3. The van der Waals surface area contributed by atoms with Gasteiger partial charge in [-0.05, 0) is 217 Å². The molecule has 5 aromatic heterocycles. The molecular formula is C114H122N24O9. The fourth-order valence-electron chi connectivity index (χ4n) is 22.8. The molecule has 33 nitrogen and oxygen atoms in total. The maximum absolute atomic E-state index is 14.1. The Morgan fingerprint density at radius 2 is 0.796 bits per heavy atom. The number of carbonyl (C=O) groups is 6. The molecule has 0 N–H and O–H groups in total. The van der Waals surface area contributed by atoms with Gasteiger partial charge in [0.2, 0.25) is 47.2 Å². The average Bonchev–Trinajstić information content (AvgIpc) is 1.59. The van der Waals surface area contributed by atoms with Gasteiger partial charge < -0.3 is 43.6 Å². The number of aliphatic imine (C=N–C) groups is 3. The molecule has 33 heteroatoms. The molecule has 6 saturated heterocycles. The zero-order chi connectivity index (χ0) is 101. The van der Waals surface area contributed by atoms with E-state index in [9.17, 15) is 34.0 Å². The minimum atomic E-state index is -0.453. The van der Waals surface area contributed by atoms with Crippen molar-refractivity contribution in [3.05, 3.63) is 262 Å². The third-order valence-electron chi connectivity index (χ3n) is 31.3. The first-order chi connectivity index (χ1) is 71.5. The molecule has 0 unspecified atom stereocenters. The molecule has 1 saturated carbocycles. The van der Waals surface area contributed by atoms with Gasteiger partial charge in [0, 0.05) is 179 Å². The Kier molecular flexibility index (Phi) is 27.1. The molecule has 7 fully saturated rings. The average molecular weight is 1970 g/mol. The second-order valence-corrected chi connectivity index (χ2v) is 41.6. The highest BCUT2D eigenvalue weighted by Crippen LogP contribution is 2.48. The number of aromatic nitrogens is 11.